The van der Waals surface area contributed by atoms with E-state index in [9.17, 15) is 4.79 Å². The lowest BCUT2D eigenvalue weighted by Crippen LogP contribution is -2.22. The van der Waals surface area contributed by atoms with Gasteiger partial charge in [0.25, 0.3) is 0 Å². The van der Waals surface area contributed by atoms with Crippen molar-refractivity contribution in [3.63, 3.8) is 0 Å². The fraction of sp³-hybridized carbons (Fsp3) is 0.556. The van der Waals surface area contributed by atoms with E-state index in [2.05, 4.69) is 17.5 Å². The molecule has 1 aromatic carbocycles. The predicted molar refractivity (Wildman–Crippen MR) is 88.8 cm³/mol. The van der Waals surface area contributed by atoms with E-state index in [1.54, 1.807) is 20.4 Å². The van der Waals surface area contributed by atoms with Gasteiger partial charge in [0.1, 0.15) is 0 Å². The number of rotatable bonds is 5. The van der Waals surface area contributed by atoms with Crippen LogP contribution in [0.25, 0.3) is 0 Å². The molecule has 0 aromatic heterocycles. The molecule has 0 unspecified atom stereocenters. The number of carbonyl (C=O) groups excluding carboxylic acids is 1. The summed E-state index contributed by atoms with van der Waals surface area (Å²) < 4.78 is 10.5. The number of nitrogens with one attached hydrogen (secondary N) is 1. The predicted octanol–water partition coefficient (Wildman–Crippen LogP) is 2.98. The smallest absolute Gasteiger partial charge is 0.244 e. The Bertz CT molecular complexity index is 629. The Morgan fingerprint density at radius 1 is 1.30 bits per heavy atom. The fourth-order valence-electron chi connectivity index (χ4n) is 4.02. The van der Waals surface area contributed by atoms with Crippen LogP contribution >= 0.6 is 0 Å². The summed E-state index contributed by atoms with van der Waals surface area (Å²) in [7, 11) is 3.19. The molecule has 5 nitrogen and oxygen atoms in total. The summed E-state index contributed by atoms with van der Waals surface area (Å²) in [5.74, 6) is 2.04. The van der Waals surface area contributed by atoms with Crippen molar-refractivity contribution in [2.75, 3.05) is 14.2 Å². The number of ether oxygens (including phenoxy) is 2. The Morgan fingerprint density at radius 3 is 2.74 bits per heavy atom. The highest BCUT2D eigenvalue weighted by atomic mass is 16.5. The summed E-state index contributed by atoms with van der Waals surface area (Å²) in [6.45, 7) is 2.24. The number of fused-ring (bicyclic) bond motifs is 1. The number of carbonyl (C=O) groups is 1. The van der Waals surface area contributed by atoms with Crippen molar-refractivity contribution in [3.8, 4) is 11.5 Å². The van der Waals surface area contributed by atoms with E-state index in [1.165, 1.54) is 19.3 Å². The van der Waals surface area contributed by atoms with Gasteiger partial charge in [-0.3, -0.25) is 4.79 Å². The van der Waals surface area contributed by atoms with Crippen molar-refractivity contribution >= 4 is 12.1 Å². The largest absolute Gasteiger partial charge is 0.493 e. The highest BCUT2D eigenvalue weighted by Crippen LogP contribution is 2.66. The van der Waals surface area contributed by atoms with Gasteiger partial charge in [-0.2, -0.15) is 5.10 Å². The van der Waals surface area contributed by atoms with Crippen molar-refractivity contribution in [1.82, 2.24) is 5.43 Å². The Morgan fingerprint density at radius 2 is 2.09 bits per heavy atom. The summed E-state index contributed by atoms with van der Waals surface area (Å²) in [5, 5.41) is 4.10. The third kappa shape index (κ3) is 2.92. The fourth-order valence-corrected chi connectivity index (χ4v) is 4.02. The molecule has 0 saturated heterocycles. The van der Waals surface area contributed by atoms with Crippen molar-refractivity contribution < 1.29 is 14.3 Å². The van der Waals surface area contributed by atoms with Gasteiger partial charge < -0.3 is 9.47 Å². The summed E-state index contributed by atoms with van der Waals surface area (Å²) in [6, 6.07) is 5.51. The number of amides is 1. The Kier molecular flexibility index (Phi) is 4.28. The summed E-state index contributed by atoms with van der Waals surface area (Å²) >= 11 is 0. The third-order valence-corrected chi connectivity index (χ3v) is 5.41. The Hall–Kier alpha value is -2.04. The van der Waals surface area contributed by atoms with Gasteiger partial charge in [-0.05, 0) is 47.9 Å². The molecule has 124 valence electrons. The second-order valence-corrected chi connectivity index (χ2v) is 6.68. The molecule has 0 spiro atoms. The van der Waals surface area contributed by atoms with Gasteiger partial charge in [0.2, 0.25) is 5.91 Å². The second kappa shape index (κ2) is 6.22. The molecule has 5 heteroatoms. The maximum Gasteiger partial charge on any atom is 0.244 e. The molecule has 2 fully saturated rings. The average molecular weight is 316 g/mol. The molecule has 1 aromatic rings. The molecule has 0 radical (unpaired) electrons. The minimum atomic E-state index is 0.0520. The molecule has 1 N–H and O–H groups in total. The maximum absolute atomic E-state index is 12.3. The highest BCUT2D eigenvalue weighted by molar-refractivity contribution is 5.86. The highest BCUT2D eigenvalue weighted by Gasteiger charge is 2.64. The Balaban J connectivity index is 1.60. The molecule has 2 aliphatic rings. The lowest BCUT2D eigenvalue weighted by Gasteiger charge is -2.15. The average Bonchev–Trinajstić information content (AvgIpc) is 3.20. The Labute approximate surface area is 137 Å². The lowest BCUT2D eigenvalue weighted by molar-refractivity contribution is -0.123. The first kappa shape index (κ1) is 15.8. The molecular weight excluding hydrogens is 292 g/mol. The van der Waals surface area contributed by atoms with Crippen LogP contribution in [0.4, 0.5) is 0 Å². The number of hydrazone groups is 1. The molecule has 0 bridgehead atoms. The molecule has 1 amide bonds. The van der Waals surface area contributed by atoms with Crippen molar-refractivity contribution in [1.29, 1.82) is 0 Å². The quantitative estimate of drug-likeness (QED) is 0.671. The number of methoxy groups -OCH3 is 2. The summed E-state index contributed by atoms with van der Waals surface area (Å²) in [6.07, 6.45) is 6.46. The molecule has 0 heterocycles. The zero-order valence-electron chi connectivity index (χ0n) is 14.0. The molecule has 2 aliphatic carbocycles. The van der Waals surface area contributed by atoms with E-state index < -0.39 is 0 Å². The van der Waals surface area contributed by atoms with Crippen LogP contribution in [0.5, 0.6) is 11.5 Å². The van der Waals surface area contributed by atoms with E-state index in [4.69, 9.17) is 9.47 Å². The molecule has 3 rings (SSSR count). The van der Waals surface area contributed by atoms with E-state index >= 15 is 0 Å². The first-order valence-corrected chi connectivity index (χ1v) is 8.15. The van der Waals surface area contributed by atoms with E-state index in [1.807, 2.05) is 18.2 Å². The summed E-state index contributed by atoms with van der Waals surface area (Å²) in [4.78, 5) is 12.3. The van der Waals surface area contributed by atoms with E-state index in [0.29, 0.717) is 17.4 Å². The van der Waals surface area contributed by atoms with Gasteiger partial charge in [0.05, 0.1) is 20.4 Å². The maximum atomic E-state index is 12.3. The number of nitrogens with zero attached hydrogens (tertiary/aromatic N) is 1. The zero-order valence-corrected chi connectivity index (χ0v) is 14.0. The van der Waals surface area contributed by atoms with Crippen molar-refractivity contribution in [2.24, 2.45) is 22.4 Å². The standard InChI is InChI=1S/C18H24N2O3/c1-18-9-5-4-6-13(18)16(18)17(21)20-19-11-12-7-8-14(22-2)15(10-12)23-3/h7-8,10-11,13,16H,4-6,9H2,1-3H3,(H,20,21)/b19-11-/t13-,16-,18-/m0/s1. The summed E-state index contributed by atoms with van der Waals surface area (Å²) in [5.41, 5.74) is 3.76. The van der Waals surface area contributed by atoms with Gasteiger partial charge in [-0.1, -0.05) is 19.8 Å². The van der Waals surface area contributed by atoms with Crippen LogP contribution in [-0.4, -0.2) is 26.3 Å². The van der Waals surface area contributed by atoms with Crippen LogP contribution in [0, 0.1) is 17.3 Å². The van der Waals surface area contributed by atoms with E-state index in [0.717, 1.165) is 12.0 Å². The molecule has 23 heavy (non-hydrogen) atoms. The minimum Gasteiger partial charge on any atom is -0.493 e. The zero-order chi connectivity index (χ0) is 16.4. The minimum absolute atomic E-state index is 0.0520. The normalized spacial score (nSPS) is 29.0. The van der Waals surface area contributed by atoms with Crippen molar-refractivity contribution in [3.05, 3.63) is 23.8 Å². The van der Waals surface area contributed by atoms with Gasteiger partial charge >= 0.3 is 0 Å². The van der Waals surface area contributed by atoms with E-state index in [-0.39, 0.29) is 17.2 Å². The van der Waals surface area contributed by atoms with Crippen LogP contribution in [0.1, 0.15) is 38.2 Å². The lowest BCUT2D eigenvalue weighted by atomic mass is 9.90. The monoisotopic (exact) mass is 316 g/mol. The van der Waals surface area contributed by atoms with Crippen LogP contribution in [0.2, 0.25) is 0 Å². The molecular formula is C18H24N2O3. The second-order valence-electron chi connectivity index (χ2n) is 6.68. The number of hydrogen-bond acceptors (Lipinski definition) is 4. The topological polar surface area (TPSA) is 59.9 Å². The molecule has 0 aliphatic heterocycles. The first-order chi connectivity index (χ1) is 11.1. The van der Waals surface area contributed by atoms with Crippen molar-refractivity contribution in [2.45, 2.75) is 32.6 Å². The molecule has 2 saturated carbocycles. The van der Waals surface area contributed by atoms with Crippen LogP contribution < -0.4 is 14.9 Å². The van der Waals surface area contributed by atoms with Gasteiger partial charge in [0.15, 0.2) is 11.5 Å². The van der Waals surface area contributed by atoms with Gasteiger partial charge in [-0.25, -0.2) is 5.43 Å². The SMILES string of the molecule is COc1ccc(/C=N\NC(=O)[C@@H]2[C@@H]3CCCC[C@]23C)cc1OC. The van der Waals surface area contributed by atoms with Gasteiger partial charge in [0, 0.05) is 5.92 Å². The number of hydrogen-bond donors (Lipinski definition) is 1. The van der Waals surface area contributed by atoms with Crippen LogP contribution in [-0.2, 0) is 4.79 Å². The third-order valence-electron chi connectivity index (χ3n) is 5.41. The first-order valence-electron chi connectivity index (χ1n) is 8.15. The van der Waals surface area contributed by atoms with Crippen LogP contribution in [0.3, 0.4) is 0 Å². The molecule has 3 atom stereocenters. The van der Waals surface area contributed by atoms with Gasteiger partial charge in [-0.15, -0.1) is 0 Å². The number of benzene rings is 1. The van der Waals surface area contributed by atoms with Crippen LogP contribution in [0.15, 0.2) is 23.3 Å².